The van der Waals surface area contributed by atoms with E-state index >= 15 is 0 Å². The summed E-state index contributed by atoms with van der Waals surface area (Å²) in [6, 6.07) is 0. The van der Waals surface area contributed by atoms with Crippen molar-refractivity contribution in [3.05, 3.63) is 23.0 Å². The van der Waals surface area contributed by atoms with Crippen LogP contribution >= 0.6 is 7.82 Å². The molecule has 0 aromatic carbocycles. The molecule has 16 heavy (non-hydrogen) atoms. The predicted octanol–water partition coefficient (Wildman–Crippen LogP) is -0.187. The SMILES string of the molecule is Cc1ncc(CO)c(CN)c1OP(=O)(O)O. The minimum atomic E-state index is -4.66. The largest absolute Gasteiger partial charge is 0.524 e. The van der Waals surface area contributed by atoms with Crippen LogP contribution in [0.1, 0.15) is 16.8 Å². The summed E-state index contributed by atoms with van der Waals surface area (Å²) in [5, 5.41) is 9.02. The Morgan fingerprint density at radius 2 is 2.19 bits per heavy atom. The van der Waals surface area contributed by atoms with Gasteiger partial charge in [0.05, 0.1) is 12.3 Å². The highest BCUT2D eigenvalue weighted by molar-refractivity contribution is 7.46. The Kier molecular flexibility index (Phi) is 4.01. The quantitative estimate of drug-likeness (QED) is 0.544. The Morgan fingerprint density at radius 1 is 1.56 bits per heavy atom. The minimum Gasteiger partial charge on any atom is -0.402 e. The first kappa shape index (κ1) is 13.1. The van der Waals surface area contributed by atoms with E-state index in [2.05, 4.69) is 9.51 Å². The van der Waals surface area contributed by atoms with Gasteiger partial charge in [0.15, 0.2) is 5.75 Å². The van der Waals surface area contributed by atoms with Crippen LogP contribution < -0.4 is 10.3 Å². The molecule has 90 valence electrons. The van der Waals surface area contributed by atoms with Gasteiger partial charge in [0, 0.05) is 23.9 Å². The Hall–Kier alpha value is -0.980. The number of nitrogens with zero attached hydrogens (tertiary/aromatic N) is 1. The maximum Gasteiger partial charge on any atom is 0.524 e. The maximum absolute atomic E-state index is 10.8. The van der Waals surface area contributed by atoms with Gasteiger partial charge in [0.2, 0.25) is 0 Å². The first-order chi connectivity index (χ1) is 7.39. The summed E-state index contributed by atoms with van der Waals surface area (Å²) in [6.45, 7) is 1.21. The van der Waals surface area contributed by atoms with Gasteiger partial charge in [-0.15, -0.1) is 0 Å². The number of pyridine rings is 1. The van der Waals surface area contributed by atoms with Crippen LogP contribution in [0.4, 0.5) is 0 Å². The zero-order valence-electron chi connectivity index (χ0n) is 8.62. The first-order valence-electron chi connectivity index (χ1n) is 4.42. The Bertz CT molecular complexity index is 431. The number of aliphatic hydroxyl groups excluding tert-OH is 1. The Balaban J connectivity index is 3.29. The van der Waals surface area contributed by atoms with E-state index in [4.69, 9.17) is 20.6 Å². The summed E-state index contributed by atoms with van der Waals surface area (Å²) >= 11 is 0. The number of aromatic nitrogens is 1. The summed E-state index contributed by atoms with van der Waals surface area (Å²) < 4.78 is 15.3. The molecule has 0 aliphatic rings. The van der Waals surface area contributed by atoms with E-state index in [0.29, 0.717) is 16.8 Å². The lowest BCUT2D eigenvalue weighted by Crippen LogP contribution is -2.08. The number of hydrogen-bond acceptors (Lipinski definition) is 5. The van der Waals surface area contributed by atoms with Gasteiger partial charge in [-0.25, -0.2) is 4.57 Å². The highest BCUT2D eigenvalue weighted by atomic mass is 31.2. The van der Waals surface area contributed by atoms with Gasteiger partial charge in [-0.05, 0) is 6.92 Å². The third-order valence-corrected chi connectivity index (χ3v) is 2.41. The molecule has 1 heterocycles. The standard InChI is InChI=1S/C8H13N2O5P/c1-5-8(15-16(12,13)14)7(2-9)6(4-11)3-10-5/h3,11H,2,4,9H2,1H3,(H2,12,13,14). The molecule has 5 N–H and O–H groups in total. The van der Waals surface area contributed by atoms with E-state index in [9.17, 15) is 4.57 Å². The van der Waals surface area contributed by atoms with Crippen LogP contribution in [0.15, 0.2) is 6.20 Å². The lowest BCUT2D eigenvalue weighted by atomic mass is 10.1. The van der Waals surface area contributed by atoms with Crippen LogP contribution in [0, 0.1) is 6.92 Å². The van der Waals surface area contributed by atoms with Gasteiger partial charge in [-0.1, -0.05) is 0 Å². The molecule has 0 atom stereocenters. The molecular weight excluding hydrogens is 235 g/mol. The van der Waals surface area contributed by atoms with Crippen LogP contribution in [0.25, 0.3) is 0 Å². The fraction of sp³-hybridized carbons (Fsp3) is 0.375. The van der Waals surface area contributed by atoms with Gasteiger partial charge < -0.3 is 15.4 Å². The number of aryl methyl sites for hydroxylation is 1. The third-order valence-electron chi connectivity index (χ3n) is 1.99. The van der Waals surface area contributed by atoms with Crippen LogP contribution in [0.3, 0.4) is 0 Å². The maximum atomic E-state index is 10.8. The first-order valence-corrected chi connectivity index (χ1v) is 5.95. The van der Waals surface area contributed by atoms with E-state index in [0.717, 1.165) is 0 Å². The van der Waals surface area contributed by atoms with Crippen molar-refractivity contribution in [2.24, 2.45) is 5.73 Å². The number of nitrogens with two attached hydrogens (primary N) is 1. The lowest BCUT2D eigenvalue weighted by Gasteiger charge is -2.15. The van der Waals surface area contributed by atoms with E-state index in [1.165, 1.54) is 13.1 Å². The number of hydrogen-bond donors (Lipinski definition) is 4. The minimum absolute atomic E-state index is 0.00537. The zero-order chi connectivity index (χ0) is 12.3. The van der Waals surface area contributed by atoms with E-state index in [-0.39, 0.29) is 18.9 Å². The molecule has 0 fully saturated rings. The van der Waals surface area contributed by atoms with Crippen molar-refractivity contribution in [1.82, 2.24) is 4.98 Å². The molecule has 0 radical (unpaired) electrons. The van der Waals surface area contributed by atoms with E-state index < -0.39 is 7.82 Å². The number of aliphatic hydroxyl groups is 1. The average Bonchev–Trinajstić information content (AvgIpc) is 2.19. The van der Waals surface area contributed by atoms with Crippen LogP contribution in [-0.2, 0) is 17.7 Å². The lowest BCUT2D eigenvalue weighted by molar-refractivity contribution is 0.272. The molecule has 1 rings (SSSR count). The van der Waals surface area contributed by atoms with Crippen molar-refractivity contribution in [2.45, 2.75) is 20.1 Å². The van der Waals surface area contributed by atoms with Crippen molar-refractivity contribution < 1.29 is 24.0 Å². The second kappa shape index (κ2) is 4.90. The fourth-order valence-electron chi connectivity index (χ4n) is 1.28. The van der Waals surface area contributed by atoms with Gasteiger partial charge in [-0.3, -0.25) is 14.8 Å². The molecule has 0 aliphatic heterocycles. The zero-order valence-corrected chi connectivity index (χ0v) is 9.52. The molecular formula is C8H13N2O5P. The number of rotatable bonds is 4. The van der Waals surface area contributed by atoms with Crippen molar-refractivity contribution in [3.63, 3.8) is 0 Å². The number of phosphoric ester groups is 1. The smallest absolute Gasteiger partial charge is 0.402 e. The summed E-state index contributed by atoms with van der Waals surface area (Å²) in [4.78, 5) is 21.3. The monoisotopic (exact) mass is 248 g/mol. The molecule has 0 aliphatic carbocycles. The second-order valence-corrected chi connectivity index (χ2v) is 4.28. The van der Waals surface area contributed by atoms with Crippen LogP contribution in [-0.4, -0.2) is 19.9 Å². The van der Waals surface area contributed by atoms with Crippen molar-refractivity contribution in [1.29, 1.82) is 0 Å². The summed E-state index contributed by atoms with van der Waals surface area (Å²) in [7, 11) is -4.66. The molecule has 7 nitrogen and oxygen atoms in total. The normalized spacial score (nSPS) is 11.6. The highest BCUT2D eigenvalue weighted by Gasteiger charge is 2.21. The third kappa shape index (κ3) is 3.01. The van der Waals surface area contributed by atoms with Gasteiger partial charge in [0.1, 0.15) is 0 Å². The Labute approximate surface area is 92.1 Å². The van der Waals surface area contributed by atoms with Crippen molar-refractivity contribution in [2.75, 3.05) is 0 Å². The highest BCUT2D eigenvalue weighted by Crippen LogP contribution is 2.40. The van der Waals surface area contributed by atoms with Gasteiger partial charge in [-0.2, -0.15) is 0 Å². The van der Waals surface area contributed by atoms with E-state index in [1.54, 1.807) is 0 Å². The fourth-order valence-corrected chi connectivity index (χ4v) is 1.76. The van der Waals surface area contributed by atoms with Crippen molar-refractivity contribution >= 4 is 7.82 Å². The molecule has 8 heteroatoms. The molecule has 1 aromatic heterocycles. The number of phosphoric acid groups is 1. The second-order valence-electron chi connectivity index (χ2n) is 3.12. The molecule has 0 saturated heterocycles. The molecule has 0 spiro atoms. The topological polar surface area (TPSA) is 126 Å². The average molecular weight is 248 g/mol. The molecule has 0 bridgehead atoms. The van der Waals surface area contributed by atoms with Crippen LogP contribution in [0.5, 0.6) is 5.75 Å². The van der Waals surface area contributed by atoms with Crippen LogP contribution in [0.2, 0.25) is 0 Å². The Morgan fingerprint density at radius 3 is 2.62 bits per heavy atom. The predicted molar refractivity (Wildman–Crippen MR) is 55.5 cm³/mol. The van der Waals surface area contributed by atoms with Gasteiger partial charge >= 0.3 is 7.82 Å². The molecule has 1 aromatic rings. The molecule has 0 unspecified atom stereocenters. The summed E-state index contributed by atoms with van der Waals surface area (Å²) in [5.74, 6) is -0.0672. The summed E-state index contributed by atoms with van der Waals surface area (Å²) in [6.07, 6.45) is 1.39. The van der Waals surface area contributed by atoms with Crippen molar-refractivity contribution in [3.8, 4) is 5.75 Å². The van der Waals surface area contributed by atoms with E-state index in [1.807, 2.05) is 0 Å². The van der Waals surface area contributed by atoms with Gasteiger partial charge in [0.25, 0.3) is 0 Å². The summed E-state index contributed by atoms with van der Waals surface area (Å²) in [5.41, 5.74) is 6.48. The molecule has 0 saturated carbocycles. The molecule has 0 amide bonds.